The minimum atomic E-state index is -0.434. The summed E-state index contributed by atoms with van der Waals surface area (Å²) >= 11 is 0. The van der Waals surface area contributed by atoms with Crippen LogP contribution in [-0.2, 0) is 18.3 Å². The molecule has 0 bridgehead atoms. The quantitative estimate of drug-likeness (QED) is 0.656. The fraction of sp³-hybridized carbons (Fsp3) is 0.318. The van der Waals surface area contributed by atoms with Crippen molar-refractivity contribution in [2.24, 2.45) is 7.05 Å². The number of urea groups is 1. The smallest absolute Gasteiger partial charge is 0.319 e. The van der Waals surface area contributed by atoms with E-state index in [9.17, 15) is 9.59 Å². The van der Waals surface area contributed by atoms with Crippen LogP contribution >= 0.6 is 0 Å². The molecule has 0 aliphatic carbocycles. The molecule has 3 heterocycles. The summed E-state index contributed by atoms with van der Waals surface area (Å²) in [4.78, 5) is 32.0. The minimum Gasteiger partial charge on any atom is -0.378 e. The number of ether oxygens (including phenoxy) is 1. The number of anilines is 2. The van der Waals surface area contributed by atoms with Crippen molar-refractivity contribution in [3.8, 4) is 5.69 Å². The lowest BCUT2D eigenvalue weighted by Crippen LogP contribution is -2.36. The number of hydrogen-bond acceptors (Lipinski definition) is 5. The molecule has 0 spiro atoms. The first kappa shape index (κ1) is 20.7. The number of nitrogens with zero attached hydrogens (tertiary/aromatic N) is 4. The van der Waals surface area contributed by atoms with Crippen LogP contribution in [0.25, 0.3) is 5.69 Å². The van der Waals surface area contributed by atoms with E-state index in [1.165, 1.54) is 4.68 Å². The summed E-state index contributed by atoms with van der Waals surface area (Å²) in [6.45, 7) is 5.09. The summed E-state index contributed by atoms with van der Waals surface area (Å²) < 4.78 is 8.64. The second-order valence-corrected chi connectivity index (χ2v) is 7.37. The van der Waals surface area contributed by atoms with Crippen LogP contribution in [0.5, 0.6) is 0 Å². The zero-order chi connectivity index (χ0) is 21.8. The predicted octanol–water partition coefficient (Wildman–Crippen LogP) is 2.04. The highest BCUT2D eigenvalue weighted by molar-refractivity contribution is 5.89. The number of amides is 2. The fourth-order valence-corrected chi connectivity index (χ4v) is 3.59. The molecule has 1 aliphatic rings. The maximum Gasteiger partial charge on any atom is 0.319 e. The second-order valence-electron chi connectivity index (χ2n) is 7.37. The van der Waals surface area contributed by atoms with Crippen LogP contribution in [0, 0.1) is 6.92 Å². The first-order valence-corrected chi connectivity index (χ1v) is 10.2. The Bertz CT molecular complexity index is 1120. The van der Waals surface area contributed by atoms with Crippen molar-refractivity contribution in [1.29, 1.82) is 0 Å². The lowest BCUT2D eigenvalue weighted by molar-refractivity contribution is 0.122. The zero-order valence-electron chi connectivity index (χ0n) is 17.7. The van der Waals surface area contributed by atoms with Gasteiger partial charge < -0.3 is 20.3 Å². The Morgan fingerprint density at radius 1 is 1.16 bits per heavy atom. The van der Waals surface area contributed by atoms with E-state index in [0.29, 0.717) is 25.5 Å². The molecule has 3 aromatic rings. The number of benzene rings is 1. The van der Waals surface area contributed by atoms with Crippen molar-refractivity contribution >= 4 is 17.5 Å². The molecule has 9 heteroatoms. The van der Waals surface area contributed by atoms with Crippen LogP contribution in [0.2, 0.25) is 0 Å². The van der Waals surface area contributed by atoms with Gasteiger partial charge in [0.1, 0.15) is 11.5 Å². The van der Waals surface area contributed by atoms with Crippen LogP contribution in [0.4, 0.5) is 16.3 Å². The van der Waals surface area contributed by atoms with Gasteiger partial charge in [0.2, 0.25) is 0 Å². The summed E-state index contributed by atoms with van der Waals surface area (Å²) in [5.74, 6) is 0.868. The van der Waals surface area contributed by atoms with Gasteiger partial charge in [-0.05, 0) is 36.8 Å². The van der Waals surface area contributed by atoms with Crippen molar-refractivity contribution in [3.05, 3.63) is 70.3 Å². The average molecular weight is 422 g/mol. The molecule has 1 aromatic carbocycles. The van der Waals surface area contributed by atoms with Crippen LogP contribution < -0.4 is 21.1 Å². The average Bonchev–Trinajstić information content (AvgIpc) is 3.02. The van der Waals surface area contributed by atoms with Gasteiger partial charge >= 0.3 is 6.03 Å². The molecule has 2 N–H and O–H groups in total. The highest BCUT2D eigenvalue weighted by Crippen LogP contribution is 2.15. The van der Waals surface area contributed by atoms with E-state index >= 15 is 0 Å². The summed E-state index contributed by atoms with van der Waals surface area (Å²) in [6, 6.07) is 12.7. The molecule has 1 fully saturated rings. The second kappa shape index (κ2) is 9.05. The lowest BCUT2D eigenvalue weighted by Gasteiger charge is -2.28. The number of nitrogens with one attached hydrogen (secondary N) is 2. The van der Waals surface area contributed by atoms with E-state index in [1.54, 1.807) is 24.9 Å². The highest BCUT2D eigenvalue weighted by atomic mass is 16.5. The van der Waals surface area contributed by atoms with Crippen molar-refractivity contribution < 1.29 is 9.53 Å². The standard InChI is InChI=1S/C22H26N6O3/c1-16-20(21(29)28(26(16)2)18-6-4-3-5-7-18)25-22(30)24-15-17-8-9-23-19(14-17)27-10-12-31-13-11-27/h3-9,14H,10-13,15H2,1-2H3,(H2,24,25,30). The van der Waals surface area contributed by atoms with Crippen molar-refractivity contribution in [3.63, 3.8) is 0 Å². The van der Waals surface area contributed by atoms with Crippen LogP contribution in [0.1, 0.15) is 11.3 Å². The number of hydrogen-bond donors (Lipinski definition) is 2. The van der Waals surface area contributed by atoms with Gasteiger partial charge in [-0.25, -0.2) is 14.5 Å². The Morgan fingerprint density at radius 2 is 1.90 bits per heavy atom. The summed E-state index contributed by atoms with van der Waals surface area (Å²) in [5, 5.41) is 5.53. The van der Waals surface area contributed by atoms with E-state index in [1.807, 2.05) is 42.5 Å². The van der Waals surface area contributed by atoms with Gasteiger partial charge in [0.25, 0.3) is 5.56 Å². The zero-order valence-corrected chi connectivity index (χ0v) is 17.7. The van der Waals surface area contributed by atoms with E-state index in [4.69, 9.17) is 4.74 Å². The monoisotopic (exact) mass is 422 g/mol. The van der Waals surface area contributed by atoms with E-state index < -0.39 is 6.03 Å². The summed E-state index contributed by atoms with van der Waals surface area (Å²) in [7, 11) is 1.79. The molecule has 0 radical (unpaired) electrons. The molecular weight excluding hydrogens is 396 g/mol. The molecule has 2 amide bonds. The summed E-state index contributed by atoms with van der Waals surface area (Å²) in [6.07, 6.45) is 1.74. The topological polar surface area (TPSA) is 93.4 Å². The van der Waals surface area contributed by atoms with Gasteiger partial charge in [0, 0.05) is 32.9 Å². The lowest BCUT2D eigenvalue weighted by atomic mass is 10.2. The molecule has 162 valence electrons. The Morgan fingerprint density at radius 3 is 2.65 bits per heavy atom. The SMILES string of the molecule is Cc1c(NC(=O)NCc2ccnc(N3CCOCC3)c2)c(=O)n(-c2ccccc2)n1C. The first-order valence-electron chi connectivity index (χ1n) is 10.2. The van der Waals surface area contributed by atoms with Gasteiger partial charge in [0.15, 0.2) is 0 Å². The highest BCUT2D eigenvalue weighted by Gasteiger charge is 2.18. The van der Waals surface area contributed by atoms with Crippen molar-refractivity contribution in [1.82, 2.24) is 19.7 Å². The molecular formula is C22H26N6O3. The minimum absolute atomic E-state index is 0.257. The molecule has 1 saturated heterocycles. The third kappa shape index (κ3) is 4.46. The Balaban J connectivity index is 1.44. The fourth-order valence-electron chi connectivity index (χ4n) is 3.59. The maximum atomic E-state index is 12.9. The summed E-state index contributed by atoms with van der Waals surface area (Å²) in [5.41, 5.74) is 2.31. The van der Waals surface area contributed by atoms with Gasteiger partial charge in [-0.15, -0.1) is 0 Å². The van der Waals surface area contributed by atoms with Gasteiger partial charge in [0.05, 0.1) is 24.6 Å². The van der Waals surface area contributed by atoms with E-state index in [-0.39, 0.29) is 11.2 Å². The van der Waals surface area contributed by atoms with Gasteiger partial charge in [-0.3, -0.25) is 9.48 Å². The van der Waals surface area contributed by atoms with Crippen LogP contribution in [0.3, 0.4) is 0 Å². The van der Waals surface area contributed by atoms with Crippen LogP contribution in [-0.4, -0.2) is 46.7 Å². The third-order valence-electron chi connectivity index (χ3n) is 5.39. The molecule has 0 unspecified atom stereocenters. The Hall–Kier alpha value is -3.59. The molecule has 31 heavy (non-hydrogen) atoms. The Labute approximate surface area is 180 Å². The van der Waals surface area contributed by atoms with Gasteiger partial charge in [-0.1, -0.05) is 18.2 Å². The maximum absolute atomic E-state index is 12.9. The van der Waals surface area contributed by atoms with Crippen molar-refractivity contribution in [2.75, 3.05) is 36.5 Å². The predicted molar refractivity (Wildman–Crippen MR) is 119 cm³/mol. The first-order chi connectivity index (χ1) is 15.0. The van der Waals surface area contributed by atoms with Crippen molar-refractivity contribution in [2.45, 2.75) is 13.5 Å². The van der Waals surface area contributed by atoms with Gasteiger partial charge in [-0.2, -0.15) is 0 Å². The number of para-hydroxylation sites is 1. The normalized spacial score (nSPS) is 13.8. The number of aromatic nitrogens is 3. The largest absolute Gasteiger partial charge is 0.378 e. The number of morpholine rings is 1. The molecule has 1 aliphatic heterocycles. The third-order valence-corrected chi connectivity index (χ3v) is 5.39. The molecule has 9 nitrogen and oxygen atoms in total. The molecule has 0 saturated carbocycles. The Kier molecular flexibility index (Phi) is 6.03. The number of pyridine rings is 1. The molecule has 4 rings (SSSR count). The van der Waals surface area contributed by atoms with Crippen LogP contribution in [0.15, 0.2) is 53.5 Å². The number of carbonyl (C=O) groups is 1. The molecule has 2 aromatic heterocycles. The number of rotatable bonds is 5. The number of carbonyl (C=O) groups excluding carboxylic acids is 1. The van der Waals surface area contributed by atoms with E-state index in [0.717, 1.165) is 30.2 Å². The van der Waals surface area contributed by atoms with E-state index in [2.05, 4.69) is 20.5 Å². The molecule has 0 atom stereocenters.